The molecule has 3 amide bonds. The second kappa shape index (κ2) is 12.3. The molecule has 2 aliphatic heterocycles. The number of carbonyl (C=O) groups is 3. The van der Waals surface area contributed by atoms with Gasteiger partial charge in [0.25, 0.3) is 5.91 Å². The van der Waals surface area contributed by atoms with E-state index in [0.717, 1.165) is 12.8 Å². The summed E-state index contributed by atoms with van der Waals surface area (Å²) < 4.78 is 28.4. The first-order valence-corrected chi connectivity index (χ1v) is 13.8. The van der Waals surface area contributed by atoms with E-state index in [0.29, 0.717) is 38.9 Å². The van der Waals surface area contributed by atoms with Gasteiger partial charge in [-0.2, -0.15) is 9.71 Å². The molecule has 2 heterocycles. The Balaban J connectivity index is 1.74. The standard InChI is InChI=1S/C24H36N6O5S/c1-17(2)14-20(28-36(34,35)19-9-4-3-5-10-19)23(33)30-13-7-11-21(30)22(32)27-24(25)29-12-6-8-18(15-29)26-16-31/h3-5,9-10,16-18,20-21,28H,6-8,11-15H2,1-2H3,(H,26,31)(H2,25,27,32)/t18?,20-,21+/m1/s1. The maximum Gasteiger partial charge on any atom is 0.271 e. The maximum absolute atomic E-state index is 13.5. The maximum atomic E-state index is 13.5. The third-order valence-corrected chi connectivity index (χ3v) is 7.94. The summed E-state index contributed by atoms with van der Waals surface area (Å²) in [5.74, 6) is -0.880. The van der Waals surface area contributed by atoms with E-state index in [4.69, 9.17) is 5.73 Å². The van der Waals surface area contributed by atoms with Crippen LogP contribution in [0.4, 0.5) is 0 Å². The Morgan fingerprint density at radius 1 is 1.17 bits per heavy atom. The number of benzene rings is 1. The average molecular weight is 521 g/mol. The molecule has 1 aromatic rings. The van der Waals surface area contributed by atoms with Crippen LogP contribution in [-0.4, -0.2) is 80.2 Å². The van der Waals surface area contributed by atoms with Gasteiger partial charge in [0.05, 0.1) is 4.90 Å². The molecular weight excluding hydrogens is 484 g/mol. The highest BCUT2D eigenvalue weighted by atomic mass is 32.2. The van der Waals surface area contributed by atoms with Crippen LogP contribution in [-0.2, 0) is 24.4 Å². The minimum atomic E-state index is -3.93. The van der Waals surface area contributed by atoms with Gasteiger partial charge in [-0.15, -0.1) is 0 Å². The van der Waals surface area contributed by atoms with Crippen molar-refractivity contribution < 1.29 is 22.8 Å². The topological polar surface area (TPSA) is 154 Å². The first-order chi connectivity index (χ1) is 17.1. The molecule has 11 nitrogen and oxygen atoms in total. The van der Waals surface area contributed by atoms with Crippen LogP contribution in [0.3, 0.4) is 0 Å². The summed E-state index contributed by atoms with van der Waals surface area (Å²) in [5.41, 5.74) is 6.11. The van der Waals surface area contributed by atoms with Crippen LogP contribution in [0, 0.1) is 5.92 Å². The first-order valence-electron chi connectivity index (χ1n) is 12.3. The highest BCUT2D eigenvalue weighted by molar-refractivity contribution is 7.89. The fourth-order valence-corrected chi connectivity index (χ4v) is 5.91. The van der Waals surface area contributed by atoms with Crippen LogP contribution < -0.4 is 15.8 Å². The molecule has 3 atom stereocenters. The van der Waals surface area contributed by atoms with Gasteiger partial charge >= 0.3 is 0 Å². The Morgan fingerprint density at radius 2 is 1.86 bits per heavy atom. The molecule has 1 unspecified atom stereocenters. The molecule has 1 aromatic carbocycles. The second-order valence-electron chi connectivity index (χ2n) is 9.68. The number of hydrogen-bond acceptors (Lipinski definition) is 5. The van der Waals surface area contributed by atoms with Crippen molar-refractivity contribution >= 4 is 34.2 Å². The lowest BCUT2D eigenvalue weighted by molar-refractivity contribution is -0.138. The lowest BCUT2D eigenvalue weighted by atomic mass is 10.0. The zero-order valence-corrected chi connectivity index (χ0v) is 21.6. The summed E-state index contributed by atoms with van der Waals surface area (Å²) in [4.78, 5) is 44.7. The number of guanidine groups is 1. The summed E-state index contributed by atoms with van der Waals surface area (Å²) in [5, 5.41) is 2.73. The second-order valence-corrected chi connectivity index (χ2v) is 11.4. The summed E-state index contributed by atoms with van der Waals surface area (Å²) in [6.07, 6.45) is 3.57. The van der Waals surface area contributed by atoms with Crippen molar-refractivity contribution in [3.8, 4) is 0 Å². The van der Waals surface area contributed by atoms with E-state index < -0.39 is 33.9 Å². The van der Waals surface area contributed by atoms with Crippen molar-refractivity contribution in [3.63, 3.8) is 0 Å². The molecular formula is C24H36N6O5S. The molecule has 198 valence electrons. The fourth-order valence-electron chi connectivity index (χ4n) is 4.69. The van der Waals surface area contributed by atoms with Crippen LogP contribution in [0.15, 0.2) is 40.2 Å². The average Bonchev–Trinajstić information content (AvgIpc) is 3.34. The molecule has 0 aromatic heterocycles. The summed E-state index contributed by atoms with van der Waals surface area (Å²) in [7, 11) is -3.93. The van der Waals surface area contributed by atoms with Crippen molar-refractivity contribution in [2.45, 2.75) is 69.0 Å². The van der Waals surface area contributed by atoms with Gasteiger partial charge in [-0.1, -0.05) is 32.0 Å². The van der Waals surface area contributed by atoms with Crippen molar-refractivity contribution in [3.05, 3.63) is 30.3 Å². The van der Waals surface area contributed by atoms with E-state index in [1.54, 1.807) is 23.1 Å². The SMILES string of the molecule is CC(C)C[C@@H](NS(=O)(=O)c1ccccc1)C(=O)N1CCC[C@H]1C(=O)N=C(N)N1CCCC(NC=O)C1. The fraction of sp³-hybridized carbons (Fsp3) is 0.583. The molecule has 2 saturated heterocycles. The predicted molar refractivity (Wildman–Crippen MR) is 135 cm³/mol. The normalized spacial score (nSPS) is 21.9. The van der Waals surface area contributed by atoms with Crippen LogP contribution in [0.1, 0.15) is 46.0 Å². The van der Waals surface area contributed by atoms with Gasteiger partial charge in [0.1, 0.15) is 12.1 Å². The number of hydrogen-bond donors (Lipinski definition) is 3. The van der Waals surface area contributed by atoms with E-state index >= 15 is 0 Å². The lowest BCUT2D eigenvalue weighted by Gasteiger charge is -2.33. The number of sulfonamides is 1. The van der Waals surface area contributed by atoms with E-state index in [1.807, 2.05) is 13.8 Å². The number of aliphatic imine (C=N–C) groups is 1. The Morgan fingerprint density at radius 3 is 2.53 bits per heavy atom. The van der Waals surface area contributed by atoms with E-state index in [-0.39, 0.29) is 29.2 Å². The van der Waals surface area contributed by atoms with Crippen molar-refractivity contribution in [1.29, 1.82) is 0 Å². The third kappa shape index (κ3) is 7.03. The Hall–Kier alpha value is -2.99. The van der Waals surface area contributed by atoms with Crippen LogP contribution in [0.5, 0.6) is 0 Å². The van der Waals surface area contributed by atoms with Gasteiger partial charge in [-0.05, 0) is 50.2 Å². The molecule has 0 spiro atoms. The molecule has 0 radical (unpaired) electrons. The van der Waals surface area contributed by atoms with Gasteiger partial charge in [0.15, 0.2) is 5.96 Å². The van der Waals surface area contributed by atoms with E-state index in [1.165, 1.54) is 17.0 Å². The number of likely N-dealkylation sites (tertiary alicyclic amines) is 2. The number of nitrogens with two attached hydrogens (primary N) is 1. The summed E-state index contributed by atoms with van der Waals surface area (Å²) in [6, 6.07) is 5.99. The first kappa shape index (κ1) is 27.6. The number of rotatable bonds is 9. The Bertz CT molecular complexity index is 1060. The molecule has 0 aliphatic carbocycles. The van der Waals surface area contributed by atoms with Gasteiger partial charge in [-0.3, -0.25) is 14.4 Å². The summed E-state index contributed by atoms with van der Waals surface area (Å²) in [6.45, 7) is 5.21. The number of carbonyl (C=O) groups excluding carboxylic acids is 3. The third-order valence-electron chi connectivity index (χ3n) is 6.45. The monoisotopic (exact) mass is 520 g/mol. The Kier molecular flexibility index (Phi) is 9.43. The van der Waals surface area contributed by atoms with Crippen molar-refractivity contribution in [1.82, 2.24) is 19.8 Å². The molecule has 2 aliphatic rings. The number of amides is 3. The molecule has 0 saturated carbocycles. The molecule has 0 bridgehead atoms. The van der Waals surface area contributed by atoms with E-state index in [2.05, 4.69) is 15.0 Å². The number of nitrogens with zero attached hydrogens (tertiary/aromatic N) is 3. The van der Waals surface area contributed by atoms with Crippen LogP contribution >= 0.6 is 0 Å². The van der Waals surface area contributed by atoms with Gasteiger partial charge in [0.2, 0.25) is 22.3 Å². The highest BCUT2D eigenvalue weighted by Gasteiger charge is 2.39. The quantitative estimate of drug-likeness (QED) is 0.242. The zero-order valence-electron chi connectivity index (χ0n) is 20.8. The van der Waals surface area contributed by atoms with Crippen LogP contribution in [0.2, 0.25) is 0 Å². The van der Waals surface area contributed by atoms with E-state index in [9.17, 15) is 22.8 Å². The molecule has 36 heavy (non-hydrogen) atoms. The Labute approximate surface area is 212 Å². The molecule has 12 heteroatoms. The van der Waals surface area contributed by atoms with Crippen LogP contribution in [0.25, 0.3) is 0 Å². The smallest absolute Gasteiger partial charge is 0.271 e. The minimum absolute atomic E-state index is 0.0369. The minimum Gasteiger partial charge on any atom is -0.369 e. The summed E-state index contributed by atoms with van der Waals surface area (Å²) >= 11 is 0. The zero-order chi connectivity index (χ0) is 26.3. The molecule has 3 rings (SSSR count). The van der Waals surface area contributed by atoms with Gasteiger partial charge in [-0.25, -0.2) is 8.42 Å². The molecule has 2 fully saturated rings. The number of nitrogens with one attached hydrogen (secondary N) is 2. The van der Waals surface area contributed by atoms with Gasteiger partial charge < -0.3 is 20.9 Å². The largest absolute Gasteiger partial charge is 0.369 e. The molecule has 4 N–H and O–H groups in total. The number of piperidine rings is 1. The lowest BCUT2D eigenvalue weighted by Crippen LogP contribution is -2.53. The highest BCUT2D eigenvalue weighted by Crippen LogP contribution is 2.22. The predicted octanol–water partition coefficient (Wildman–Crippen LogP) is 0.422. The van der Waals surface area contributed by atoms with Crippen molar-refractivity contribution in [2.24, 2.45) is 16.6 Å². The van der Waals surface area contributed by atoms with Crippen molar-refractivity contribution in [2.75, 3.05) is 19.6 Å². The van der Waals surface area contributed by atoms with Gasteiger partial charge in [0, 0.05) is 25.7 Å².